The summed E-state index contributed by atoms with van der Waals surface area (Å²) in [6, 6.07) is 0. The van der Waals surface area contributed by atoms with Gasteiger partial charge in [-0.1, -0.05) is 12.8 Å². The summed E-state index contributed by atoms with van der Waals surface area (Å²) in [5.74, 6) is 1.57. The third-order valence-corrected chi connectivity index (χ3v) is 7.13. The van der Waals surface area contributed by atoms with Crippen LogP contribution in [0.2, 0.25) is 0 Å². The second-order valence-corrected chi connectivity index (χ2v) is 8.88. The van der Waals surface area contributed by atoms with Crippen molar-refractivity contribution in [3.63, 3.8) is 0 Å². The van der Waals surface area contributed by atoms with Crippen LogP contribution in [0, 0.1) is 17.3 Å². The number of nitrogens with zero attached hydrogens (tertiary/aromatic N) is 2. The molecule has 26 heavy (non-hydrogen) atoms. The van der Waals surface area contributed by atoms with Crippen LogP contribution in [0.25, 0.3) is 0 Å². The van der Waals surface area contributed by atoms with Crippen molar-refractivity contribution in [3.05, 3.63) is 0 Å². The van der Waals surface area contributed by atoms with Gasteiger partial charge in [0.05, 0.1) is 0 Å². The van der Waals surface area contributed by atoms with Crippen molar-refractivity contribution in [2.24, 2.45) is 17.3 Å². The van der Waals surface area contributed by atoms with Crippen LogP contribution in [-0.2, 0) is 4.79 Å². The van der Waals surface area contributed by atoms with Gasteiger partial charge in [-0.25, -0.2) is 0 Å². The monoisotopic (exact) mass is 405 g/mol. The van der Waals surface area contributed by atoms with Crippen molar-refractivity contribution < 1.29 is 4.79 Å². The van der Waals surface area contributed by atoms with Gasteiger partial charge in [0.1, 0.15) is 0 Å². The van der Waals surface area contributed by atoms with Gasteiger partial charge in [-0.15, -0.1) is 24.8 Å². The van der Waals surface area contributed by atoms with Gasteiger partial charge < -0.3 is 15.1 Å². The summed E-state index contributed by atoms with van der Waals surface area (Å²) in [5, 5.41) is 3.45. The van der Waals surface area contributed by atoms with E-state index in [0.717, 1.165) is 26.2 Å². The predicted octanol–water partition coefficient (Wildman–Crippen LogP) is 3.33. The number of hydrogen-bond donors (Lipinski definition) is 1. The Hall–Kier alpha value is -0.0300. The molecule has 2 atom stereocenters. The van der Waals surface area contributed by atoms with Gasteiger partial charge in [0.15, 0.2) is 0 Å². The molecule has 1 spiro atoms. The summed E-state index contributed by atoms with van der Waals surface area (Å²) in [5.41, 5.74) is 0.389. The van der Waals surface area contributed by atoms with E-state index in [-0.39, 0.29) is 24.8 Å². The second kappa shape index (κ2) is 9.95. The van der Waals surface area contributed by atoms with Crippen molar-refractivity contribution in [1.29, 1.82) is 0 Å². The first-order valence-corrected chi connectivity index (χ1v) is 10.5. The van der Waals surface area contributed by atoms with Gasteiger partial charge in [0, 0.05) is 25.6 Å². The normalized spacial score (nSPS) is 31.5. The Kier molecular flexibility index (Phi) is 8.52. The van der Waals surface area contributed by atoms with E-state index in [1.165, 1.54) is 77.4 Å². The number of nitrogens with one attached hydrogen (secondary N) is 1. The molecule has 2 unspecified atom stereocenters. The first-order chi connectivity index (χ1) is 11.8. The Morgan fingerprint density at radius 1 is 0.962 bits per heavy atom. The van der Waals surface area contributed by atoms with Crippen molar-refractivity contribution in [1.82, 2.24) is 15.1 Å². The summed E-state index contributed by atoms with van der Waals surface area (Å²) in [4.78, 5) is 17.9. The van der Waals surface area contributed by atoms with Gasteiger partial charge in [-0.05, 0) is 82.5 Å². The van der Waals surface area contributed by atoms with E-state index in [9.17, 15) is 4.79 Å². The largest absolute Gasteiger partial charge is 0.342 e. The van der Waals surface area contributed by atoms with Crippen LogP contribution in [0.15, 0.2) is 0 Å². The molecule has 3 saturated heterocycles. The van der Waals surface area contributed by atoms with Crippen LogP contribution in [0.5, 0.6) is 0 Å². The van der Waals surface area contributed by atoms with E-state index in [1.807, 2.05) is 0 Å². The molecule has 1 N–H and O–H groups in total. The van der Waals surface area contributed by atoms with Gasteiger partial charge in [-0.2, -0.15) is 0 Å². The molecular weight excluding hydrogens is 369 g/mol. The third kappa shape index (κ3) is 5.06. The molecule has 1 aliphatic carbocycles. The summed E-state index contributed by atoms with van der Waals surface area (Å²) in [7, 11) is 0. The highest BCUT2D eigenvalue weighted by molar-refractivity contribution is 5.85. The molecule has 3 heterocycles. The molecule has 0 aromatic heterocycles. The molecule has 0 aromatic carbocycles. The van der Waals surface area contributed by atoms with Gasteiger partial charge in [0.25, 0.3) is 0 Å². The topological polar surface area (TPSA) is 35.6 Å². The van der Waals surface area contributed by atoms with Gasteiger partial charge in [-0.3, -0.25) is 4.79 Å². The fraction of sp³-hybridized carbons (Fsp3) is 0.950. The molecule has 4 nitrogen and oxygen atoms in total. The zero-order valence-electron chi connectivity index (χ0n) is 16.1. The molecule has 6 heteroatoms. The van der Waals surface area contributed by atoms with Crippen molar-refractivity contribution >= 4 is 30.7 Å². The van der Waals surface area contributed by atoms with Crippen LogP contribution in [0.3, 0.4) is 0 Å². The quantitative estimate of drug-likeness (QED) is 0.781. The molecule has 0 bridgehead atoms. The third-order valence-electron chi connectivity index (χ3n) is 7.13. The van der Waals surface area contributed by atoms with Crippen LogP contribution in [-0.4, -0.2) is 61.5 Å². The maximum Gasteiger partial charge on any atom is 0.226 e. The molecule has 4 rings (SSSR count). The smallest absolute Gasteiger partial charge is 0.226 e. The zero-order valence-corrected chi connectivity index (χ0v) is 17.7. The Labute approximate surface area is 171 Å². The number of hydrogen-bond acceptors (Lipinski definition) is 3. The Balaban J connectivity index is 0.00000121. The fourth-order valence-corrected chi connectivity index (χ4v) is 5.49. The maximum atomic E-state index is 13.0. The van der Waals surface area contributed by atoms with Crippen LogP contribution in [0.1, 0.15) is 57.8 Å². The summed E-state index contributed by atoms with van der Waals surface area (Å²) >= 11 is 0. The number of likely N-dealkylation sites (tertiary alicyclic amines) is 2. The van der Waals surface area contributed by atoms with E-state index in [4.69, 9.17) is 0 Å². The van der Waals surface area contributed by atoms with Gasteiger partial charge in [0.2, 0.25) is 5.91 Å². The van der Waals surface area contributed by atoms with Crippen LogP contribution in [0.4, 0.5) is 0 Å². The number of halogens is 2. The number of amides is 1. The highest BCUT2D eigenvalue weighted by atomic mass is 35.5. The molecule has 0 radical (unpaired) electrons. The molecule has 3 aliphatic heterocycles. The zero-order chi connectivity index (χ0) is 16.4. The number of carbonyl (C=O) groups excluding carboxylic acids is 1. The molecule has 1 amide bonds. The SMILES string of the molecule is Cl.Cl.O=C(C1CC12CCNCC2)N1CCCC(CN2CCCCCC2)C1. The molecule has 152 valence electrons. The average Bonchev–Trinajstić information content (AvgIpc) is 3.36. The van der Waals surface area contributed by atoms with E-state index < -0.39 is 0 Å². The maximum absolute atomic E-state index is 13.0. The average molecular weight is 406 g/mol. The Morgan fingerprint density at radius 3 is 2.35 bits per heavy atom. The predicted molar refractivity (Wildman–Crippen MR) is 111 cm³/mol. The first kappa shape index (κ1) is 22.3. The first-order valence-electron chi connectivity index (χ1n) is 10.5. The minimum atomic E-state index is 0. The standard InChI is InChI=1S/C20H35N3O.2ClH/c24-19(18-14-20(18)7-9-21-10-8-20)23-13-5-6-17(16-23)15-22-11-3-1-2-4-12-22;;/h17-18,21H,1-16H2;2*1H. The van der Waals surface area contributed by atoms with Crippen molar-refractivity contribution in [2.45, 2.75) is 57.8 Å². The molecule has 4 fully saturated rings. The molecule has 4 aliphatic rings. The van der Waals surface area contributed by atoms with Crippen LogP contribution < -0.4 is 5.32 Å². The Morgan fingerprint density at radius 2 is 1.65 bits per heavy atom. The molecular formula is C20H37Cl2N3O. The summed E-state index contributed by atoms with van der Waals surface area (Å²) < 4.78 is 0. The summed E-state index contributed by atoms with van der Waals surface area (Å²) in [6.07, 6.45) is 11.7. The molecule has 0 aromatic rings. The second-order valence-electron chi connectivity index (χ2n) is 8.88. The lowest BCUT2D eigenvalue weighted by atomic mass is 9.91. The van der Waals surface area contributed by atoms with E-state index in [0.29, 0.717) is 23.2 Å². The highest BCUT2D eigenvalue weighted by Gasteiger charge is 2.58. The number of piperidine rings is 2. The van der Waals surface area contributed by atoms with Crippen molar-refractivity contribution in [2.75, 3.05) is 45.8 Å². The lowest BCUT2D eigenvalue weighted by Crippen LogP contribution is -2.45. The minimum absolute atomic E-state index is 0. The van der Waals surface area contributed by atoms with E-state index in [1.54, 1.807) is 0 Å². The van der Waals surface area contributed by atoms with E-state index >= 15 is 0 Å². The number of rotatable bonds is 3. The highest BCUT2D eigenvalue weighted by Crippen LogP contribution is 2.59. The van der Waals surface area contributed by atoms with Crippen molar-refractivity contribution in [3.8, 4) is 0 Å². The molecule has 1 saturated carbocycles. The number of carbonyl (C=O) groups is 1. The lowest BCUT2D eigenvalue weighted by molar-refractivity contribution is -0.135. The minimum Gasteiger partial charge on any atom is -0.342 e. The Bertz CT molecular complexity index is 448. The van der Waals surface area contributed by atoms with Crippen LogP contribution >= 0.6 is 24.8 Å². The van der Waals surface area contributed by atoms with E-state index in [2.05, 4.69) is 15.1 Å². The summed E-state index contributed by atoms with van der Waals surface area (Å²) in [6.45, 7) is 8.05. The van der Waals surface area contributed by atoms with Gasteiger partial charge >= 0.3 is 0 Å². The lowest BCUT2D eigenvalue weighted by Gasteiger charge is -2.36. The fourth-order valence-electron chi connectivity index (χ4n) is 5.49.